The summed E-state index contributed by atoms with van der Waals surface area (Å²) in [7, 11) is 0. The van der Waals surface area contributed by atoms with E-state index in [0.717, 1.165) is 21.8 Å². The van der Waals surface area contributed by atoms with Crippen LogP contribution in [0.2, 0.25) is 0 Å². The standard InChI is InChI=1S/C13H14BrN3OS2/c14-9-3-1-2-4-11(9)20-7-12-16-13(18-17-12)8-5-19-6-10(8)15/h1-4,8,10H,5-7,15H2. The minimum absolute atomic E-state index is 0.129. The van der Waals surface area contributed by atoms with Gasteiger partial charge in [-0.25, -0.2) is 0 Å². The van der Waals surface area contributed by atoms with Gasteiger partial charge in [0.05, 0.1) is 11.7 Å². The Hall–Kier alpha value is -0.500. The predicted molar refractivity (Wildman–Crippen MR) is 86.0 cm³/mol. The van der Waals surface area contributed by atoms with Crippen LogP contribution in [0.5, 0.6) is 0 Å². The van der Waals surface area contributed by atoms with E-state index in [1.54, 1.807) is 11.8 Å². The second-order valence-corrected chi connectivity index (χ2v) is 7.52. The molecule has 0 bridgehead atoms. The molecule has 0 saturated carbocycles. The molecule has 2 aromatic rings. The summed E-state index contributed by atoms with van der Waals surface area (Å²) in [4.78, 5) is 5.65. The maximum absolute atomic E-state index is 6.05. The number of hydrogen-bond acceptors (Lipinski definition) is 6. The van der Waals surface area contributed by atoms with Crippen LogP contribution in [0.1, 0.15) is 17.6 Å². The normalized spacial score (nSPS) is 22.3. The molecule has 1 fully saturated rings. The van der Waals surface area contributed by atoms with Crippen molar-refractivity contribution in [2.24, 2.45) is 5.73 Å². The van der Waals surface area contributed by atoms with Crippen LogP contribution in [0.3, 0.4) is 0 Å². The molecule has 0 amide bonds. The topological polar surface area (TPSA) is 64.9 Å². The molecule has 1 aromatic carbocycles. The summed E-state index contributed by atoms with van der Waals surface area (Å²) in [6, 6.07) is 8.24. The Kier molecular flexibility index (Phi) is 4.70. The number of benzene rings is 1. The van der Waals surface area contributed by atoms with E-state index in [4.69, 9.17) is 10.3 Å². The minimum atomic E-state index is 0.129. The van der Waals surface area contributed by atoms with Crippen LogP contribution in [0.25, 0.3) is 0 Å². The number of halogens is 1. The Balaban J connectivity index is 1.64. The first-order chi connectivity index (χ1) is 9.74. The summed E-state index contributed by atoms with van der Waals surface area (Å²) in [6.07, 6.45) is 0. The number of hydrogen-bond donors (Lipinski definition) is 1. The largest absolute Gasteiger partial charge is 0.339 e. The SMILES string of the molecule is NC1CSCC1c1nc(CSc2ccccc2Br)no1. The second-order valence-electron chi connectivity index (χ2n) is 4.58. The van der Waals surface area contributed by atoms with Crippen LogP contribution in [-0.2, 0) is 5.75 Å². The van der Waals surface area contributed by atoms with Gasteiger partial charge in [0.25, 0.3) is 0 Å². The van der Waals surface area contributed by atoms with Crippen molar-refractivity contribution in [1.29, 1.82) is 0 Å². The summed E-state index contributed by atoms with van der Waals surface area (Å²) < 4.78 is 6.44. The number of rotatable bonds is 4. The van der Waals surface area contributed by atoms with Crippen molar-refractivity contribution >= 4 is 39.5 Å². The molecule has 0 spiro atoms. The maximum Gasteiger partial charge on any atom is 0.232 e. The monoisotopic (exact) mass is 371 g/mol. The fourth-order valence-electron chi connectivity index (χ4n) is 2.01. The first-order valence-corrected chi connectivity index (χ1v) is 9.20. The first-order valence-electron chi connectivity index (χ1n) is 6.27. The number of thioether (sulfide) groups is 2. The molecular weight excluding hydrogens is 358 g/mol. The first kappa shape index (κ1) is 14.4. The molecule has 2 heterocycles. The van der Waals surface area contributed by atoms with Gasteiger partial charge in [-0.05, 0) is 28.1 Å². The molecule has 2 unspecified atom stereocenters. The van der Waals surface area contributed by atoms with E-state index in [-0.39, 0.29) is 12.0 Å². The third-order valence-corrected chi connectivity index (χ3v) is 6.36. The average Bonchev–Trinajstić information content (AvgIpc) is 3.06. The number of nitrogens with zero attached hydrogens (tertiary/aromatic N) is 2. The quantitative estimate of drug-likeness (QED) is 0.831. The highest BCUT2D eigenvalue weighted by atomic mass is 79.9. The lowest BCUT2D eigenvalue weighted by Gasteiger charge is -2.07. The van der Waals surface area contributed by atoms with E-state index in [1.165, 1.54) is 4.90 Å². The molecule has 0 radical (unpaired) electrons. The fourth-order valence-corrected chi connectivity index (χ4v) is 4.70. The van der Waals surface area contributed by atoms with Crippen LogP contribution in [-0.4, -0.2) is 27.7 Å². The van der Waals surface area contributed by atoms with Crippen molar-refractivity contribution in [3.63, 3.8) is 0 Å². The lowest BCUT2D eigenvalue weighted by molar-refractivity contribution is 0.349. The zero-order chi connectivity index (χ0) is 13.9. The smallest absolute Gasteiger partial charge is 0.232 e. The van der Waals surface area contributed by atoms with Crippen LogP contribution < -0.4 is 5.73 Å². The summed E-state index contributed by atoms with van der Waals surface area (Å²) in [6.45, 7) is 0. The zero-order valence-corrected chi connectivity index (χ0v) is 13.9. The molecule has 4 nitrogen and oxygen atoms in total. The van der Waals surface area contributed by atoms with Gasteiger partial charge >= 0.3 is 0 Å². The lowest BCUT2D eigenvalue weighted by Crippen LogP contribution is -2.26. The Morgan fingerprint density at radius 1 is 1.40 bits per heavy atom. The van der Waals surface area contributed by atoms with Gasteiger partial charge in [0, 0.05) is 26.9 Å². The molecule has 2 atom stereocenters. The summed E-state index contributed by atoms with van der Waals surface area (Å²) in [5.74, 6) is 4.25. The molecule has 1 aliphatic heterocycles. The van der Waals surface area contributed by atoms with Crippen LogP contribution in [0.15, 0.2) is 38.2 Å². The predicted octanol–water partition coefficient (Wildman–Crippen LogP) is 3.28. The van der Waals surface area contributed by atoms with Crippen LogP contribution in [0.4, 0.5) is 0 Å². The highest BCUT2D eigenvalue weighted by molar-refractivity contribution is 9.10. The molecule has 2 N–H and O–H groups in total. The molecule has 1 saturated heterocycles. The van der Waals surface area contributed by atoms with E-state index >= 15 is 0 Å². The molecule has 0 aliphatic carbocycles. The van der Waals surface area contributed by atoms with Gasteiger partial charge in [-0.15, -0.1) is 11.8 Å². The number of nitrogens with two attached hydrogens (primary N) is 1. The van der Waals surface area contributed by atoms with Gasteiger partial charge < -0.3 is 10.3 Å². The Morgan fingerprint density at radius 3 is 3.00 bits per heavy atom. The Labute approximate surface area is 134 Å². The van der Waals surface area contributed by atoms with E-state index in [1.807, 2.05) is 30.0 Å². The fraction of sp³-hybridized carbons (Fsp3) is 0.385. The molecule has 106 valence electrons. The average molecular weight is 372 g/mol. The van der Waals surface area contributed by atoms with Crippen LogP contribution in [0, 0.1) is 0 Å². The molecule has 1 aliphatic rings. The molecule has 3 rings (SSSR count). The third kappa shape index (κ3) is 3.21. The Morgan fingerprint density at radius 2 is 2.25 bits per heavy atom. The Bertz CT molecular complexity index is 593. The van der Waals surface area contributed by atoms with Crippen LogP contribution >= 0.6 is 39.5 Å². The van der Waals surface area contributed by atoms with Crippen molar-refractivity contribution < 1.29 is 4.52 Å². The van der Waals surface area contributed by atoms with Crippen molar-refractivity contribution in [1.82, 2.24) is 10.1 Å². The number of aromatic nitrogens is 2. The third-order valence-electron chi connectivity index (χ3n) is 3.12. The van der Waals surface area contributed by atoms with Gasteiger partial charge in [0.2, 0.25) is 5.89 Å². The maximum atomic E-state index is 6.05. The van der Waals surface area contributed by atoms with Crippen molar-refractivity contribution in [2.75, 3.05) is 11.5 Å². The van der Waals surface area contributed by atoms with Gasteiger partial charge in [0.15, 0.2) is 5.82 Å². The zero-order valence-electron chi connectivity index (χ0n) is 10.7. The highest BCUT2D eigenvalue weighted by Crippen LogP contribution is 2.32. The van der Waals surface area contributed by atoms with Crippen molar-refractivity contribution in [2.45, 2.75) is 22.6 Å². The lowest BCUT2D eigenvalue weighted by atomic mass is 10.1. The van der Waals surface area contributed by atoms with Gasteiger partial charge in [-0.1, -0.05) is 17.3 Å². The second kappa shape index (κ2) is 6.51. The molecular formula is C13H14BrN3OS2. The van der Waals surface area contributed by atoms with Gasteiger partial charge in [0.1, 0.15) is 0 Å². The van der Waals surface area contributed by atoms with Gasteiger partial charge in [-0.3, -0.25) is 0 Å². The minimum Gasteiger partial charge on any atom is -0.339 e. The molecule has 20 heavy (non-hydrogen) atoms. The van der Waals surface area contributed by atoms with E-state index in [9.17, 15) is 0 Å². The molecule has 1 aromatic heterocycles. The highest BCUT2D eigenvalue weighted by Gasteiger charge is 2.30. The molecule has 7 heteroatoms. The van der Waals surface area contributed by atoms with Gasteiger partial charge in [-0.2, -0.15) is 16.7 Å². The summed E-state index contributed by atoms with van der Waals surface area (Å²) in [5.41, 5.74) is 6.05. The summed E-state index contributed by atoms with van der Waals surface area (Å²) in [5, 5.41) is 4.05. The van der Waals surface area contributed by atoms with E-state index < -0.39 is 0 Å². The van der Waals surface area contributed by atoms with Crippen molar-refractivity contribution in [3.05, 3.63) is 40.5 Å². The van der Waals surface area contributed by atoms with Crippen molar-refractivity contribution in [3.8, 4) is 0 Å². The van der Waals surface area contributed by atoms with E-state index in [2.05, 4.69) is 32.1 Å². The summed E-state index contributed by atoms with van der Waals surface area (Å²) >= 11 is 7.06. The van der Waals surface area contributed by atoms with E-state index in [0.29, 0.717) is 11.6 Å².